The molecule has 1 heterocycles. The van der Waals surface area contributed by atoms with Gasteiger partial charge in [-0.2, -0.15) is 12.6 Å². The minimum absolute atomic E-state index is 0.785. The van der Waals surface area contributed by atoms with Gasteiger partial charge < -0.3 is 0 Å². The SMILES string of the molecule is SCSC1SCCS1. The second kappa shape index (κ2) is 4.25. The van der Waals surface area contributed by atoms with E-state index in [0.29, 0.717) is 0 Å². The zero-order valence-electron chi connectivity index (χ0n) is 4.37. The fourth-order valence-electron chi connectivity index (χ4n) is 0.494. The van der Waals surface area contributed by atoms with Gasteiger partial charge in [0.1, 0.15) is 0 Å². The molecular weight excluding hydrogens is 176 g/mol. The summed E-state index contributed by atoms with van der Waals surface area (Å²) in [5.41, 5.74) is 0. The first-order chi connectivity index (χ1) is 3.93. The van der Waals surface area contributed by atoms with Crippen LogP contribution < -0.4 is 0 Å². The molecule has 0 saturated carbocycles. The van der Waals surface area contributed by atoms with E-state index in [0.717, 1.165) is 9.00 Å². The van der Waals surface area contributed by atoms with E-state index in [1.165, 1.54) is 11.5 Å². The number of thiol groups is 1. The Morgan fingerprint density at radius 1 is 1.50 bits per heavy atom. The summed E-state index contributed by atoms with van der Waals surface area (Å²) in [7, 11) is 0. The van der Waals surface area contributed by atoms with Gasteiger partial charge in [-0.05, 0) is 0 Å². The van der Waals surface area contributed by atoms with Crippen molar-refractivity contribution in [2.75, 3.05) is 16.6 Å². The standard InChI is InChI=1S/C4H8S4/c5-3-8-4-6-1-2-7-4/h4-5H,1-3H2. The Morgan fingerprint density at radius 3 is 2.62 bits per heavy atom. The number of hydrogen-bond donors (Lipinski definition) is 1. The van der Waals surface area contributed by atoms with Gasteiger partial charge in [-0.3, -0.25) is 0 Å². The maximum atomic E-state index is 4.13. The van der Waals surface area contributed by atoms with E-state index in [1.807, 2.05) is 35.3 Å². The molecule has 0 aromatic rings. The zero-order chi connectivity index (χ0) is 5.82. The van der Waals surface area contributed by atoms with Crippen LogP contribution in [0.3, 0.4) is 0 Å². The van der Waals surface area contributed by atoms with E-state index in [9.17, 15) is 0 Å². The van der Waals surface area contributed by atoms with Crippen LogP contribution in [0.2, 0.25) is 0 Å². The zero-order valence-corrected chi connectivity index (χ0v) is 7.71. The minimum Gasteiger partial charge on any atom is -0.168 e. The molecule has 0 spiro atoms. The van der Waals surface area contributed by atoms with Gasteiger partial charge in [0, 0.05) is 16.6 Å². The maximum Gasteiger partial charge on any atom is 0.0964 e. The number of thioether (sulfide) groups is 3. The van der Waals surface area contributed by atoms with Crippen LogP contribution in [-0.4, -0.2) is 20.5 Å². The second-order valence-corrected chi connectivity index (χ2v) is 6.48. The molecule has 0 aromatic carbocycles. The summed E-state index contributed by atoms with van der Waals surface area (Å²) in [5, 5.41) is 0.963. The first kappa shape index (κ1) is 7.51. The third-order valence-corrected chi connectivity index (χ3v) is 5.80. The van der Waals surface area contributed by atoms with Crippen LogP contribution in [0.15, 0.2) is 0 Å². The van der Waals surface area contributed by atoms with E-state index >= 15 is 0 Å². The monoisotopic (exact) mass is 184 g/mol. The van der Waals surface area contributed by atoms with E-state index in [2.05, 4.69) is 12.6 Å². The molecule has 0 radical (unpaired) electrons. The lowest BCUT2D eigenvalue weighted by Gasteiger charge is -2.01. The van der Waals surface area contributed by atoms with Crippen LogP contribution in [0.1, 0.15) is 0 Å². The highest BCUT2D eigenvalue weighted by Crippen LogP contribution is 2.39. The van der Waals surface area contributed by atoms with Crippen molar-refractivity contribution >= 4 is 47.9 Å². The van der Waals surface area contributed by atoms with Crippen molar-refractivity contribution in [2.24, 2.45) is 0 Å². The summed E-state index contributed by atoms with van der Waals surface area (Å²) in [5.74, 6) is 2.66. The molecule has 48 valence electrons. The fraction of sp³-hybridized carbons (Fsp3) is 1.00. The Kier molecular flexibility index (Phi) is 3.99. The van der Waals surface area contributed by atoms with Gasteiger partial charge >= 0.3 is 0 Å². The van der Waals surface area contributed by atoms with Crippen LogP contribution in [0.25, 0.3) is 0 Å². The van der Waals surface area contributed by atoms with Gasteiger partial charge in [0.25, 0.3) is 0 Å². The topological polar surface area (TPSA) is 0 Å². The van der Waals surface area contributed by atoms with Gasteiger partial charge in [0.05, 0.1) is 3.91 Å². The summed E-state index contributed by atoms with van der Waals surface area (Å²) in [6, 6.07) is 0. The van der Waals surface area contributed by atoms with Crippen molar-refractivity contribution < 1.29 is 0 Å². The molecule has 0 aliphatic carbocycles. The van der Waals surface area contributed by atoms with E-state index in [4.69, 9.17) is 0 Å². The molecule has 1 aliphatic rings. The number of rotatable bonds is 2. The fourth-order valence-corrected chi connectivity index (χ4v) is 5.54. The predicted octanol–water partition coefficient (Wildman–Crippen LogP) is 2.37. The molecular formula is C4H8S4. The predicted molar refractivity (Wildman–Crippen MR) is 50.1 cm³/mol. The molecule has 1 rings (SSSR count). The van der Waals surface area contributed by atoms with Crippen molar-refractivity contribution in [3.8, 4) is 0 Å². The largest absolute Gasteiger partial charge is 0.168 e. The summed E-state index contributed by atoms with van der Waals surface area (Å²) in [4.78, 5) is 0. The van der Waals surface area contributed by atoms with Crippen molar-refractivity contribution in [3.63, 3.8) is 0 Å². The highest BCUT2D eigenvalue weighted by atomic mass is 32.3. The van der Waals surface area contributed by atoms with Gasteiger partial charge in [-0.1, -0.05) is 0 Å². The lowest BCUT2D eigenvalue weighted by Crippen LogP contribution is -1.80. The third kappa shape index (κ3) is 2.33. The van der Waals surface area contributed by atoms with Gasteiger partial charge in [-0.15, -0.1) is 35.3 Å². The number of hydrogen-bond acceptors (Lipinski definition) is 4. The molecule has 1 aliphatic heterocycles. The molecule has 0 bridgehead atoms. The normalized spacial score (nSPS) is 22.1. The molecule has 1 saturated heterocycles. The summed E-state index contributed by atoms with van der Waals surface area (Å²) < 4.78 is 0.785. The summed E-state index contributed by atoms with van der Waals surface area (Å²) >= 11 is 10.1. The van der Waals surface area contributed by atoms with Gasteiger partial charge in [0.15, 0.2) is 0 Å². The summed E-state index contributed by atoms with van der Waals surface area (Å²) in [6.07, 6.45) is 0. The Balaban J connectivity index is 2.06. The summed E-state index contributed by atoms with van der Waals surface area (Å²) in [6.45, 7) is 0. The molecule has 0 unspecified atom stereocenters. The average Bonchev–Trinajstić information content (AvgIpc) is 2.19. The van der Waals surface area contributed by atoms with Crippen LogP contribution in [0, 0.1) is 0 Å². The molecule has 0 atom stereocenters. The lowest BCUT2D eigenvalue weighted by molar-refractivity contribution is 1.59. The highest BCUT2D eigenvalue weighted by molar-refractivity contribution is 8.35. The Labute approximate surface area is 68.4 Å². The van der Waals surface area contributed by atoms with Crippen LogP contribution in [0.4, 0.5) is 0 Å². The van der Waals surface area contributed by atoms with Crippen LogP contribution >= 0.6 is 47.9 Å². The Bertz CT molecular complexity index is 59.1. The molecule has 0 aromatic heterocycles. The smallest absolute Gasteiger partial charge is 0.0964 e. The molecule has 8 heavy (non-hydrogen) atoms. The Morgan fingerprint density at radius 2 is 2.12 bits per heavy atom. The maximum absolute atomic E-state index is 4.13. The lowest BCUT2D eigenvalue weighted by atomic mass is 11.0. The second-order valence-electron chi connectivity index (χ2n) is 1.33. The quantitative estimate of drug-likeness (QED) is 0.517. The molecule has 1 fully saturated rings. The molecule has 0 amide bonds. The third-order valence-electron chi connectivity index (χ3n) is 0.802. The minimum atomic E-state index is 0.785. The van der Waals surface area contributed by atoms with E-state index < -0.39 is 0 Å². The van der Waals surface area contributed by atoms with Gasteiger partial charge in [0.2, 0.25) is 0 Å². The van der Waals surface area contributed by atoms with Crippen LogP contribution in [0.5, 0.6) is 0 Å². The van der Waals surface area contributed by atoms with Crippen molar-refractivity contribution in [2.45, 2.75) is 3.91 Å². The average molecular weight is 184 g/mol. The van der Waals surface area contributed by atoms with E-state index in [1.54, 1.807) is 0 Å². The van der Waals surface area contributed by atoms with E-state index in [-0.39, 0.29) is 0 Å². The van der Waals surface area contributed by atoms with Crippen molar-refractivity contribution in [3.05, 3.63) is 0 Å². The first-order valence-electron chi connectivity index (χ1n) is 2.39. The van der Waals surface area contributed by atoms with Crippen molar-refractivity contribution in [1.29, 1.82) is 0 Å². The molecule has 4 heteroatoms. The van der Waals surface area contributed by atoms with Gasteiger partial charge in [-0.25, -0.2) is 0 Å². The molecule has 0 nitrogen and oxygen atoms in total. The first-order valence-corrected chi connectivity index (χ1v) is 6.17. The highest BCUT2D eigenvalue weighted by Gasteiger charge is 2.14. The Hall–Kier alpha value is 1.40. The van der Waals surface area contributed by atoms with Crippen LogP contribution in [-0.2, 0) is 0 Å². The van der Waals surface area contributed by atoms with Crippen molar-refractivity contribution in [1.82, 2.24) is 0 Å². The molecule has 0 N–H and O–H groups in total.